The number of unbranched alkanes of at least 4 members (excludes halogenated alkanes) is 9. The largest absolute Gasteiger partial charge is 0.506 e. The number of sulfonamides is 1. The predicted molar refractivity (Wildman–Crippen MR) is 145 cm³/mol. The first kappa shape index (κ1) is 27.5. The van der Waals surface area contributed by atoms with Gasteiger partial charge in [-0.1, -0.05) is 89.0 Å². The Balaban J connectivity index is 1.60. The lowest BCUT2D eigenvalue weighted by Gasteiger charge is -2.11. The summed E-state index contributed by atoms with van der Waals surface area (Å²) in [6.45, 7) is 2.21. The highest BCUT2D eigenvalue weighted by molar-refractivity contribution is 7.92. The van der Waals surface area contributed by atoms with E-state index in [1.165, 1.54) is 50.7 Å². The van der Waals surface area contributed by atoms with E-state index in [0.717, 1.165) is 19.3 Å². The normalized spacial score (nSPS) is 11.6. The van der Waals surface area contributed by atoms with Gasteiger partial charge < -0.3 is 10.2 Å². The number of para-hydroxylation sites is 1. The van der Waals surface area contributed by atoms with Gasteiger partial charge in [-0.3, -0.25) is 4.72 Å². The van der Waals surface area contributed by atoms with Gasteiger partial charge in [0.15, 0.2) is 0 Å². The molecule has 0 fully saturated rings. The van der Waals surface area contributed by atoms with Crippen molar-refractivity contribution in [3.05, 3.63) is 54.1 Å². The molecule has 194 valence electrons. The van der Waals surface area contributed by atoms with Gasteiger partial charge in [-0.25, -0.2) is 18.2 Å². The van der Waals surface area contributed by atoms with Crippen LogP contribution in [0.5, 0.6) is 5.75 Å². The van der Waals surface area contributed by atoms with Crippen LogP contribution in [0.4, 0.5) is 5.69 Å². The molecular formula is C28H36N2O5S. The van der Waals surface area contributed by atoms with Crippen molar-refractivity contribution in [2.75, 3.05) is 10.5 Å². The van der Waals surface area contributed by atoms with Crippen LogP contribution in [-0.4, -0.2) is 35.3 Å². The zero-order valence-electron chi connectivity index (χ0n) is 20.9. The van der Waals surface area contributed by atoms with Crippen LogP contribution in [0.1, 0.15) is 81.5 Å². The van der Waals surface area contributed by atoms with Crippen LogP contribution in [0.3, 0.4) is 0 Å². The highest BCUT2D eigenvalue weighted by atomic mass is 32.2. The van der Waals surface area contributed by atoms with Crippen molar-refractivity contribution in [1.29, 1.82) is 0 Å². The van der Waals surface area contributed by atoms with E-state index in [4.69, 9.17) is 0 Å². The summed E-state index contributed by atoms with van der Waals surface area (Å²) in [5, 5.41) is 20.2. The standard InChI is InChI=1S/C28H36N2O5S/c1-2-3-4-5-6-7-8-9-10-11-18-36(34,35)30-22-15-12-14-21(19-22)25-20-24(28(32)33)23-16-13-17-26(31)27(23)29-25/h12-17,19-20,30-31H,2-11,18H2,1H3,(H,32,33). The lowest BCUT2D eigenvalue weighted by molar-refractivity contribution is 0.0699. The van der Waals surface area contributed by atoms with E-state index >= 15 is 0 Å². The average Bonchev–Trinajstić information content (AvgIpc) is 2.84. The molecule has 0 bridgehead atoms. The monoisotopic (exact) mass is 512 g/mol. The Morgan fingerprint density at radius 3 is 2.19 bits per heavy atom. The van der Waals surface area contributed by atoms with Gasteiger partial charge >= 0.3 is 5.97 Å². The molecule has 1 heterocycles. The first-order valence-corrected chi connectivity index (χ1v) is 14.4. The van der Waals surface area contributed by atoms with Crippen molar-refractivity contribution in [2.45, 2.75) is 71.1 Å². The molecule has 0 atom stereocenters. The van der Waals surface area contributed by atoms with Crippen molar-refractivity contribution in [3.8, 4) is 17.0 Å². The molecule has 8 heteroatoms. The number of phenolic OH excluding ortho intramolecular Hbond substituents is 1. The Morgan fingerprint density at radius 2 is 1.53 bits per heavy atom. The number of fused-ring (bicyclic) bond motifs is 1. The summed E-state index contributed by atoms with van der Waals surface area (Å²) < 4.78 is 27.8. The second-order valence-corrected chi connectivity index (χ2v) is 11.1. The van der Waals surface area contributed by atoms with Crippen molar-refractivity contribution >= 4 is 32.6 Å². The van der Waals surface area contributed by atoms with Crippen LogP contribution < -0.4 is 4.72 Å². The maximum absolute atomic E-state index is 12.6. The number of benzene rings is 2. The third-order valence-electron chi connectivity index (χ3n) is 6.25. The maximum Gasteiger partial charge on any atom is 0.336 e. The molecule has 0 aliphatic heterocycles. The minimum atomic E-state index is -3.51. The van der Waals surface area contributed by atoms with Gasteiger partial charge in [0.05, 0.1) is 17.0 Å². The fraction of sp³-hybridized carbons (Fsp3) is 0.429. The third kappa shape index (κ3) is 7.95. The number of carboxylic acid groups (broad SMARTS) is 1. The average molecular weight is 513 g/mol. The number of nitrogens with zero attached hydrogens (tertiary/aromatic N) is 1. The molecule has 7 nitrogen and oxygen atoms in total. The SMILES string of the molecule is CCCCCCCCCCCCS(=O)(=O)Nc1cccc(-c2cc(C(=O)O)c3cccc(O)c3n2)c1. The van der Waals surface area contributed by atoms with Gasteiger partial charge in [0.1, 0.15) is 11.3 Å². The molecule has 0 spiro atoms. The molecule has 36 heavy (non-hydrogen) atoms. The van der Waals surface area contributed by atoms with Gasteiger partial charge in [0.2, 0.25) is 10.0 Å². The first-order chi connectivity index (χ1) is 17.3. The number of rotatable bonds is 15. The van der Waals surface area contributed by atoms with E-state index in [2.05, 4.69) is 16.6 Å². The second-order valence-electron chi connectivity index (χ2n) is 9.22. The quantitative estimate of drug-likeness (QED) is 0.189. The Bertz CT molecular complexity index is 1270. The molecule has 0 unspecified atom stereocenters. The third-order valence-corrected chi connectivity index (χ3v) is 7.62. The number of anilines is 1. The Hall–Kier alpha value is -3.13. The molecule has 3 N–H and O–H groups in total. The summed E-state index contributed by atoms with van der Waals surface area (Å²) >= 11 is 0. The molecule has 0 saturated heterocycles. The number of hydrogen-bond donors (Lipinski definition) is 3. The number of aromatic carboxylic acids is 1. The zero-order valence-corrected chi connectivity index (χ0v) is 21.7. The van der Waals surface area contributed by atoms with Crippen molar-refractivity contribution < 1.29 is 23.4 Å². The number of carbonyl (C=O) groups is 1. The number of aromatic hydroxyl groups is 1. The molecule has 0 aliphatic carbocycles. The van der Waals surface area contributed by atoms with Crippen molar-refractivity contribution in [2.24, 2.45) is 0 Å². The van der Waals surface area contributed by atoms with Crippen molar-refractivity contribution in [1.82, 2.24) is 4.98 Å². The summed E-state index contributed by atoms with van der Waals surface area (Å²) in [7, 11) is -3.51. The van der Waals surface area contributed by atoms with Gasteiger partial charge in [-0.15, -0.1) is 0 Å². The fourth-order valence-electron chi connectivity index (χ4n) is 4.31. The zero-order chi connectivity index (χ0) is 26.0. The second kappa shape index (κ2) is 13.3. The molecule has 0 saturated carbocycles. The lowest BCUT2D eigenvalue weighted by Crippen LogP contribution is -2.16. The van der Waals surface area contributed by atoms with Crippen LogP contribution >= 0.6 is 0 Å². The van der Waals surface area contributed by atoms with E-state index in [1.807, 2.05) is 0 Å². The molecule has 0 radical (unpaired) electrons. The van der Waals surface area contributed by atoms with Crippen LogP contribution in [0.15, 0.2) is 48.5 Å². The Kier molecular flexibility index (Phi) is 10.1. The minimum Gasteiger partial charge on any atom is -0.506 e. The fourth-order valence-corrected chi connectivity index (χ4v) is 5.48. The highest BCUT2D eigenvalue weighted by Gasteiger charge is 2.16. The van der Waals surface area contributed by atoms with E-state index in [1.54, 1.807) is 36.4 Å². The molecule has 2 aromatic carbocycles. The first-order valence-electron chi connectivity index (χ1n) is 12.8. The van der Waals surface area contributed by atoms with Crippen LogP contribution in [0.2, 0.25) is 0 Å². The van der Waals surface area contributed by atoms with Crippen molar-refractivity contribution in [3.63, 3.8) is 0 Å². The molecule has 3 aromatic rings. The van der Waals surface area contributed by atoms with Gasteiger partial charge in [0, 0.05) is 16.6 Å². The van der Waals surface area contributed by atoms with Crippen LogP contribution in [0, 0.1) is 0 Å². The number of nitrogens with one attached hydrogen (secondary N) is 1. The van der Waals surface area contributed by atoms with E-state index in [-0.39, 0.29) is 22.6 Å². The van der Waals surface area contributed by atoms with Gasteiger partial charge in [-0.2, -0.15) is 0 Å². The maximum atomic E-state index is 12.6. The summed E-state index contributed by atoms with van der Waals surface area (Å²) in [6, 6.07) is 12.7. The minimum absolute atomic E-state index is 0.0119. The highest BCUT2D eigenvalue weighted by Crippen LogP contribution is 2.31. The predicted octanol–water partition coefficient (Wildman–Crippen LogP) is 6.97. The summed E-state index contributed by atoms with van der Waals surface area (Å²) in [5.74, 6) is -1.20. The molecule has 3 rings (SSSR count). The Morgan fingerprint density at radius 1 is 0.889 bits per heavy atom. The molecular weight excluding hydrogens is 476 g/mol. The number of pyridine rings is 1. The van der Waals surface area contributed by atoms with Crippen LogP contribution in [-0.2, 0) is 10.0 Å². The summed E-state index contributed by atoms with van der Waals surface area (Å²) in [5.41, 5.74) is 1.45. The number of aromatic nitrogens is 1. The molecule has 0 amide bonds. The van der Waals surface area contributed by atoms with Crippen LogP contribution in [0.25, 0.3) is 22.2 Å². The lowest BCUT2D eigenvalue weighted by atomic mass is 10.0. The van der Waals surface area contributed by atoms with E-state index in [9.17, 15) is 23.4 Å². The summed E-state index contributed by atoms with van der Waals surface area (Å²) in [6.07, 6.45) is 11.3. The van der Waals surface area contributed by atoms with Gasteiger partial charge in [0.25, 0.3) is 0 Å². The van der Waals surface area contributed by atoms with Gasteiger partial charge in [-0.05, 0) is 30.7 Å². The summed E-state index contributed by atoms with van der Waals surface area (Å²) in [4.78, 5) is 16.2. The van der Waals surface area contributed by atoms with E-state index in [0.29, 0.717) is 28.8 Å². The topological polar surface area (TPSA) is 117 Å². The number of phenols is 1. The molecule has 1 aromatic heterocycles. The molecule has 0 aliphatic rings. The number of hydrogen-bond acceptors (Lipinski definition) is 5. The Labute approximate surface area is 213 Å². The van der Waals surface area contributed by atoms with E-state index < -0.39 is 16.0 Å². The number of carboxylic acids is 1. The smallest absolute Gasteiger partial charge is 0.336 e.